The number of nitrogens with one attached hydrogen (secondary N) is 1. The summed E-state index contributed by atoms with van der Waals surface area (Å²) < 4.78 is 0. The third-order valence-corrected chi connectivity index (χ3v) is 3.21. The summed E-state index contributed by atoms with van der Waals surface area (Å²) in [5.74, 6) is -0.222. The third-order valence-electron chi connectivity index (χ3n) is 2.54. The van der Waals surface area contributed by atoms with Crippen molar-refractivity contribution in [1.82, 2.24) is 0 Å². The van der Waals surface area contributed by atoms with Gasteiger partial charge in [0.1, 0.15) is 5.75 Å². The van der Waals surface area contributed by atoms with Crippen LogP contribution in [0.25, 0.3) is 0 Å². The number of phenolic OH excluding ortho intramolecular Hbond substituents is 1. The van der Waals surface area contributed by atoms with E-state index in [0.717, 1.165) is 5.56 Å². The van der Waals surface area contributed by atoms with Gasteiger partial charge in [-0.3, -0.25) is 4.79 Å². The van der Waals surface area contributed by atoms with Gasteiger partial charge in [-0.2, -0.15) is 0 Å². The molecule has 0 heterocycles. The molecular formula is C14H11Cl2NO2. The summed E-state index contributed by atoms with van der Waals surface area (Å²) in [7, 11) is 0. The van der Waals surface area contributed by atoms with Gasteiger partial charge in [0, 0.05) is 10.7 Å². The first-order chi connectivity index (χ1) is 9.06. The molecular weight excluding hydrogens is 285 g/mol. The maximum atomic E-state index is 11.9. The number of aromatic hydroxyl groups is 1. The molecule has 0 spiro atoms. The number of phenols is 1. The molecule has 1 amide bonds. The molecule has 2 N–H and O–H groups in total. The summed E-state index contributed by atoms with van der Waals surface area (Å²) in [5.41, 5.74) is 1.28. The number of rotatable bonds is 3. The van der Waals surface area contributed by atoms with Crippen LogP contribution in [-0.4, -0.2) is 11.0 Å². The van der Waals surface area contributed by atoms with Crippen LogP contribution in [0.1, 0.15) is 5.56 Å². The van der Waals surface area contributed by atoms with Crippen molar-refractivity contribution in [2.75, 3.05) is 5.32 Å². The maximum Gasteiger partial charge on any atom is 0.228 e. The highest BCUT2D eigenvalue weighted by Gasteiger charge is 2.08. The highest BCUT2D eigenvalue weighted by Crippen LogP contribution is 2.26. The number of hydrogen-bond acceptors (Lipinski definition) is 2. The van der Waals surface area contributed by atoms with E-state index in [2.05, 4.69) is 5.32 Å². The highest BCUT2D eigenvalue weighted by atomic mass is 35.5. The number of amides is 1. The van der Waals surface area contributed by atoms with Gasteiger partial charge < -0.3 is 10.4 Å². The Morgan fingerprint density at radius 1 is 1.11 bits per heavy atom. The van der Waals surface area contributed by atoms with E-state index >= 15 is 0 Å². The van der Waals surface area contributed by atoms with Crippen molar-refractivity contribution in [2.45, 2.75) is 6.42 Å². The predicted octanol–water partition coefficient (Wildman–Crippen LogP) is 3.88. The lowest BCUT2D eigenvalue weighted by atomic mass is 10.1. The van der Waals surface area contributed by atoms with Crippen LogP contribution in [-0.2, 0) is 11.2 Å². The Morgan fingerprint density at radius 3 is 2.53 bits per heavy atom. The van der Waals surface area contributed by atoms with Crippen LogP contribution in [0.2, 0.25) is 10.0 Å². The number of halogens is 2. The molecule has 5 heteroatoms. The molecule has 0 saturated heterocycles. The molecule has 0 radical (unpaired) electrons. The van der Waals surface area contributed by atoms with Gasteiger partial charge in [-0.15, -0.1) is 0 Å². The van der Waals surface area contributed by atoms with Crippen LogP contribution in [0.4, 0.5) is 5.69 Å². The lowest BCUT2D eigenvalue weighted by Gasteiger charge is -2.07. The molecule has 0 aliphatic carbocycles. The largest absolute Gasteiger partial charge is 0.506 e. The second kappa shape index (κ2) is 5.95. The number of benzene rings is 2. The Balaban J connectivity index is 2.05. The molecule has 0 aliphatic heterocycles. The van der Waals surface area contributed by atoms with Crippen molar-refractivity contribution >= 4 is 34.8 Å². The Hall–Kier alpha value is -1.71. The van der Waals surface area contributed by atoms with Crippen LogP contribution < -0.4 is 5.32 Å². The van der Waals surface area contributed by atoms with Crippen LogP contribution in [0.5, 0.6) is 5.75 Å². The van der Waals surface area contributed by atoms with Gasteiger partial charge in [-0.1, -0.05) is 41.4 Å². The zero-order valence-electron chi connectivity index (χ0n) is 9.86. The summed E-state index contributed by atoms with van der Waals surface area (Å²) in [4.78, 5) is 11.9. The topological polar surface area (TPSA) is 49.3 Å². The lowest BCUT2D eigenvalue weighted by molar-refractivity contribution is -0.115. The van der Waals surface area contributed by atoms with Crippen LogP contribution in [0.3, 0.4) is 0 Å². The first-order valence-electron chi connectivity index (χ1n) is 5.58. The summed E-state index contributed by atoms with van der Waals surface area (Å²) in [5, 5.41) is 12.7. The van der Waals surface area contributed by atoms with Crippen molar-refractivity contribution in [3.63, 3.8) is 0 Å². The number of anilines is 1. The van der Waals surface area contributed by atoms with E-state index in [-0.39, 0.29) is 23.1 Å². The minimum absolute atomic E-state index is 0.0224. The normalized spacial score (nSPS) is 10.2. The summed E-state index contributed by atoms with van der Waals surface area (Å²) in [6.45, 7) is 0. The molecule has 2 aromatic carbocycles. The van der Waals surface area contributed by atoms with E-state index < -0.39 is 0 Å². The fourth-order valence-corrected chi connectivity index (χ4v) is 1.99. The summed E-state index contributed by atoms with van der Waals surface area (Å²) in [6.07, 6.45) is 0.179. The lowest BCUT2D eigenvalue weighted by Crippen LogP contribution is -2.14. The number of carbonyl (C=O) groups excluding carboxylic acids is 1. The first-order valence-corrected chi connectivity index (χ1v) is 6.33. The number of hydrogen-bond donors (Lipinski definition) is 2. The van der Waals surface area contributed by atoms with Gasteiger partial charge in [0.25, 0.3) is 0 Å². The molecule has 0 unspecified atom stereocenters. The molecule has 2 aromatic rings. The van der Waals surface area contributed by atoms with Crippen molar-refractivity contribution in [2.24, 2.45) is 0 Å². The molecule has 0 bridgehead atoms. The van der Waals surface area contributed by atoms with Crippen molar-refractivity contribution in [3.05, 3.63) is 58.1 Å². The maximum absolute atomic E-state index is 11.9. The van der Waals surface area contributed by atoms with Gasteiger partial charge in [-0.25, -0.2) is 0 Å². The molecule has 0 aromatic heterocycles. The quantitative estimate of drug-likeness (QED) is 0.844. The average Bonchev–Trinajstić information content (AvgIpc) is 2.37. The van der Waals surface area contributed by atoms with E-state index in [1.165, 1.54) is 12.1 Å². The minimum atomic E-state index is -0.199. The van der Waals surface area contributed by atoms with E-state index in [9.17, 15) is 9.90 Å². The second-order valence-electron chi connectivity index (χ2n) is 3.98. The van der Waals surface area contributed by atoms with Crippen molar-refractivity contribution in [3.8, 4) is 5.75 Å². The zero-order chi connectivity index (χ0) is 13.8. The van der Waals surface area contributed by atoms with Gasteiger partial charge >= 0.3 is 0 Å². The minimum Gasteiger partial charge on any atom is -0.506 e. The van der Waals surface area contributed by atoms with E-state index in [0.29, 0.717) is 10.7 Å². The molecule has 0 saturated carbocycles. The summed E-state index contributed by atoms with van der Waals surface area (Å²) >= 11 is 11.7. The van der Waals surface area contributed by atoms with Gasteiger partial charge in [0.2, 0.25) is 5.91 Å². The van der Waals surface area contributed by atoms with E-state index in [4.69, 9.17) is 23.2 Å². The van der Waals surface area contributed by atoms with Crippen molar-refractivity contribution in [1.29, 1.82) is 0 Å². The highest BCUT2D eigenvalue weighted by molar-refractivity contribution is 6.32. The first kappa shape index (κ1) is 13.7. The van der Waals surface area contributed by atoms with Gasteiger partial charge in [0.05, 0.1) is 11.4 Å². The van der Waals surface area contributed by atoms with E-state index in [1.54, 1.807) is 18.2 Å². The molecule has 19 heavy (non-hydrogen) atoms. The van der Waals surface area contributed by atoms with Crippen LogP contribution in [0, 0.1) is 0 Å². The SMILES string of the molecule is O=C(Cc1ccccc1Cl)Nc1ccc(O)c(Cl)c1. The average molecular weight is 296 g/mol. The molecule has 0 aliphatic rings. The predicted molar refractivity (Wildman–Crippen MR) is 76.9 cm³/mol. The van der Waals surface area contributed by atoms with Gasteiger partial charge in [0.15, 0.2) is 0 Å². The molecule has 0 atom stereocenters. The number of carbonyl (C=O) groups is 1. The monoisotopic (exact) mass is 295 g/mol. The van der Waals surface area contributed by atoms with E-state index in [1.807, 2.05) is 12.1 Å². The Bertz CT molecular complexity index is 614. The fraction of sp³-hybridized carbons (Fsp3) is 0.0714. The third kappa shape index (κ3) is 3.63. The molecule has 98 valence electrons. The zero-order valence-corrected chi connectivity index (χ0v) is 11.4. The Morgan fingerprint density at radius 2 is 1.84 bits per heavy atom. The summed E-state index contributed by atoms with van der Waals surface area (Å²) in [6, 6.07) is 11.7. The smallest absolute Gasteiger partial charge is 0.228 e. The molecule has 3 nitrogen and oxygen atoms in total. The fourth-order valence-electron chi connectivity index (χ4n) is 1.60. The standard InChI is InChI=1S/C14H11Cl2NO2/c15-11-4-2-1-3-9(11)7-14(19)17-10-5-6-13(18)12(16)8-10/h1-6,8,18H,7H2,(H,17,19). The van der Waals surface area contributed by atoms with Gasteiger partial charge in [-0.05, 0) is 29.8 Å². The van der Waals surface area contributed by atoms with Crippen LogP contribution >= 0.6 is 23.2 Å². The Kier molecular flexibility index (Phi) is 4.30. The molecule has 0 fully saturated rings. The Labute approximate surface area is 120 Å². The van der Waals surface area contributed by atoms with Crippen LogP contribution in [0.15, 0.2) is 42.5 Å². The molecule has 2 rings (SSSR count). The van der Waals surface area contributed by atoms with Crippen molar-refractivity contribution < 1.29 is 9.90 Å². The second-order valence-corrected chi connectivity index (χ2v) is 4.80.